The average molecular weight is 454 g/mol. The molecule has 0 radical (unpaired) electrons. The molecule has 8 heteroatoms. The van der Waals surface area contributed by atoms with Crippen LogP contribution in [0.4, 0.5) is 5.13 Å². The van der Waals surface area contributed by atoms with Gasteiger partial charge in [0.05, 0.1) is 10.2 Å². The van der Waals surface area contributed by atoms with Crippen LogP contribution in [0, 0.1) is 0 Å². The first-order valence-electron chi connectivity index (χ1n) is 8.57. The van der Waals surface area contributed by atoms with Crippen molar-refractivity contribution in [2.75, 3.05) is 44.6 Å². The number of fused-ring (bicyclic) bond motifs is 1. The molecular weight excluding hydrogens is 430 g/mol. The van der Waals surface area contributed by atoms with Crippen LogP contribution in [-0.2, 0) is 0 Å². The number of hydrogen-bond acceptors (Lipinski definition) is 6. The minimum absolute atomic E-state index is 0. The van der Waals surface area contributed by atoms with Gasteiger partial charge in [0, 0.05) is 28.4 Å². The number of thioether (sulfide) groups is 2. The number of halogens is 1. The van der Waals surface area contributed by atoms with Crippen molar-refractivity contribution in [1.29, 1.82) is 0 Å². The first-order chi connectivity index (χ1) is 13.0. The highest BCUT2D eigenvalue weighted by Crippen LogP contribution is 2.34. The molecule has 0 saturated carbocycles. The molecule has 4 nitrogen and oxygen atoms in total. The molecule has 0 spiro atoms. The Labute approximate surface area is 185 Å². The first kappa shape index (κ1) is 23.0. The van der Waals surface area contributed by atoms with Crippen LogP contribution in [0.15, 0.2) is 52.3 Å². The summed E-state index contributed by atoms with van der Waals surface area (Å²) in [6, 6.07) is 14.0. The maximum absolute atomic E-state index is 13.3. The van der Waals surface area contributed by atoms with E-state index in [9.17, 15) is 4.79 Å². The zero-order valence-corrected chi connectivity index (χ0v) is 19.6. The zero-order chi connectivity index (χ0) is 19.4. The van der Waals surface area contributed by atoms with Crippen LogP contribution in [0.5, 0.6) is 0 Å². The number of anilines is 1. The Morgan fingerprint density at radius 2 is 1.75 bits per heavy atom. The summed E-state index contributed by atoms with van der Waals surface area (Å²) >= 11 is 4.93. The highest BCUT2D eigenvalue weighted by molar-refractivity contribution is 7.99. The minimum Gasteiger partial charge on any atom is -0.308 e. The molecule has 1 amide bonds. The fourth-order valence-electron chi connectivity index (χ4n) is 2.67. The second-order valence-corrected chi connectivity index (χ2v) is 9.03. The summed E-state index contributed by atoms with van der Waals surface area (Å²) < 4.78 is 1.11. The van der Waals surface area contributed by atoms with Crippen LogP contribution in [0.2, 0.25) is 0 Å². The molecule has 1 aromatic heterocycles. The van der Waals surface area contributed by atoms with E-state index in [4.69, 9.17) is 4.98 Å². The van der Waals surface area contributed by atoms with E-state index in [2.05, 4.69) is 23.3 Å². The summed E-state index contributed by atoms with van der Waals surface area (Å²) in [7, 11) is 4.03. The third kappa shape index (κ3) is 5.21. The minimum atomic E-state index is -0.00531. The lowest BCUT2D eigenvalue weighted by Crippen LogP contribution is -2.36. The highest BCUT2D eigenvalue weighted by atomic mass is 35.5. The molecule has 0 atom stereocenters. The van der Waals surface area contributed by atoms with Gasteiger partial charge in [-0.3, -0.25) is 9.69 Å². The number of aromatic nitrogens is 1. The summed E-state index contributed by atoms with van der Waals surface area (Å²) in [5, 5.41) is 0.757. The van der Waals surface area contributed by atoms with Gasteiger partial charge in [-0.15, -0.1) is 35.9 Å². The standard InChI is InChI=1S/C20H23N3OS3.ClH/c1-22(2)12-13-23(19(24)14-8-10-15(25-3)11-9-14)20-21-18-16(26-4)6-5-7-17(18)27-20;/h5-11H,12-13H2,1-4H3;1H. The van der Waals surface area contributed by atoms with Crippen LogP contribution >= 0.6 is 47.3 Å². The monoisotopic (exact) mass is 453 g/mol. The number of amides is 1. The smallest absolute Gasteiger partial charge is 0.260 e. The SMILES string of the molecule is CSc1ccc(C(=O)N(CCN(C)C)c2nc3c(SC)cccc3s2)cc1.Cl. The van der Waals surface area contributed by atoms with Gasteiger partial charge < -0.3 is 4.90 Å². The molecule has 3 aromatic rings. The summed E-state index contributed by atoms with van der Waals surface area (Å²) in [5.74, 6) is -0.00531. The Bertz CT molecular complexity index is 928. The summed E-state index contributed by atoms with van der Waals surface area (Å²) in [5.41, 5.74) is 1.67. The Morgan fingerprint density at radius 1 is 1.04 bits per heavy atom. The molecule has 0 aliphatic heterocycles. The number of hydrogen-bond donors (Lipinski definition) is 0. The van der Waals surface area contributed by atoms with Crippen LogP contribution in [0.1, 0.15) is 10.4 Å². The summed E-state index contributed by atoms with van der Waals surface area (Å²) in [6.07, 6.45) is 4.08. The van der Waals surface area contributed by atoms with E-state index >= 15 is 0 Å². The third-order valence-corrected chi connectivity index (χ3v) is 6.73. The van der Waals surface area contributed by atoms with Crippen molar-refractivity contribution >= 4 is 68.5 Å². The molecule has 0 N–H and O–H groups in total. The summed E-state index contributed by atoms with van der Waals surface area (Å²) in [4.78, 5) is 24.2. The van der Waals surface area contributed by atoms with Crippen LogP contribution in [-0.4, -0.2) is 55.5 Å². The molecule has 2 aromatic carbocycles. The fraction of sp³-hybridized carbons (Fsp3) is 0.300. The number of nitrogens with zero attached hydrogens (tertiary/aromatic N) is 3. The maximum Gasteiger partial charge on any atom is 0.260 e. The molecule has 0 aliphatic rings. The van der Waals surface area contributed by atoms with E-state index in [1.165, 1.54) is 0 Å². The predicted molar refractivity (Wildman–Crippen MR) is 127 cm³/mol. The van der Waals surface area contributed by atoms with Gasteiger partial charge in [-0.1, -0.05) is 17.4 Å². The molecule has 150 valence electrons. The van der Waals surface area contributed by atoms with Gasteiger partial charge in [-0.25, -0.2) is 4.98 Å². The Kier molecular flexibility index (Phi) is 8.64. The van der Waals surface area contributed by atoms with Crippen molar-refractivity contribution in [3.05, 3.63) is 48.0 Å². The lowest BCUT2D eigenvalue weighted by Gasteiger charge is -2.22. The average Bonchev–Trinajstić information content (AvgIpc) is 3.11. The third-order valence-electron chi connectivity index (χ3n) is 4.17. The topological polar surface area (TPSA) is 36.4 Å². The number of para-hydroxylation sites is 1. The van der Waals surface area contributed by atoms with Crippen molar-refractivity contribution in [2.24, 2.45) is 0 Å². The van der Waals surface area contributed by atoms with Crippen LogP contribution in [0.3, 0.4) is 0 Å². The van der Waals surface area contributed by atoms with E-state index in [1.54, 1.807) is 34.9 Å². The van der Waals surface area contributed by atoms with Gasteiger partial charge in [0.15, 0.2) is 5.13 Å². The number of likely N-dealkylation sites (N-methyl/N-ethyl adjacent to an activating group) is 1. The molecule has 3 rings (SSSR count). The Morgan fingerprint density at radius 3 is 2.36 bits per heavy atom. The van der Waals surface area contributed by atoms with E-state index in [0.29, 0.717) is 12.1 Å². The number of carbonyl (C=O) groups excluding carboxylic acids is 1. The predicted octanol–water partition coefficient (Wildman–Crippen LogP) is 5.37. The molecule has 0 bridgehead atoms. The lowest BCUT2D eigenvalue weighted by atomic mass is 10.2. The highest BCUT2D eigenvalue weighted by Gasteiger charge is 2.22. The number of benzene rings is 2. The van der Waals surface area contributed by atoms with Crippen molar-refractivity contribution in [3.8, 4) is 0 Å². The molecule has 0 saturated heterocycles. The van der Waals surface area contributed by atoms with Crippen molar-refractivity contribution in [3.63, 3.8) is 0 Å². The van der Waals surface area contributed by atoms with Gasteiger partial charge in [-0.05, 0) is 63.0 Å². The first-order valence-corrected chi connectivity index (χ1v) is 11.8. The van der Waals surface area contributed by atoms with Crippen LogP contribution < -0.4 is 4.90 Å². The van der Waals surface area contributed by atoms with Gasteiger partial charge in [0.1, 0.15) is 0 Å². The number of carbonyl (C=O) groups is 1. The van der Waals surface area contributed by atoms with Crippen LogP contribution in [0.25, 0.3) is 10.2 Å². The van der Waals surface area contributed by atoms with E-state index in [0.717, 1.165) is 31.7 Å². The molecular formula is C20H24ClN3OS3. The maximum atomic E-state index is 13.3. The Balaban J connectivity index is 0.00000280. The second-order valence-electron chi connectivity index (χ2n) is 6.29. The van der Waals surface area contributed by atoms with Gasteiger partial charge in [-0.2, -0.15) is 0 Å². The quantitative estimate of drug-likeness (QED) is 0.449. The Hall–Kier alpha value is -1.25. The number of rotatable bonds is 7. The summed E-state index contributed by atoms with van der Waals surface area (Å²) in [6.45, 7) is 1.38. The molecule has 0 unspecified atom stereocenters. The second kappa shape index (κ2) is 10.5. The van der Waals surface area contributed by atoms with Crippen molar-refractivity contribution < 1.29 is 4.79 Å². The van der Waals surface area contributed by atoms with E-state index in [1.807, 2.05) is 55.6 Å². The normalized spacial score (nSPS) is 10.9. The van der Waals surface area contributed by atoms with E-state index < -0.39 is 0 Å². The molecule has 1 heterocycles. The fourth-order valence-corrected chi connectivity index (χ4v) is 4.72. The number of thiazole rings is 1. The van der Waals surface area contributed by atoms with Crippen molar-refractivity contribution in [1.82, 2.24) is 9.88 Å². The van der Waals surface area contributed by atoms with Crippen molar-refractivity contribution in [2.45, 2.75) is 9.79 Å². The molecule has 0 aliphatic carbocycles. The lowest BCUT2D eigenvalue weighted by molar-refractivity contribution is 0.0985. The molecule has 0 fully saturated rings. The van der Waals surface area contributed by atoms with Gasteiger partial charge in [0.25, 0.3) is 5.91 Å². The zero-order valence-electron chi connectivity index (χ0n) is 16.3. The van der Waals surface area contributed by atoms with E-state index in [-0.39, 0.29) is 18.3 Å². The largest absolute Gasteiger partial charge is 0.308 e. The molecule has 28 heavy (non-hydrogen) atoms. The van der Waals surface area contributed by atoms with Gasteiger partial charge in [0.2, 0.25) is 0 Å². The van der Waals surface area contributed by atoms with Gasteiger partial charge >= 0.3 is 0 Å².